The van der Waals surface area contributed by atoms with Gasteiger partial charge >= 0.3 is 0 Å². The van der Waals surface area contributed by atoms with Gasteiger partial charge < -0.3 is 4.57 Å². The number of rotatable bonds is 3. The van der Waals surface area contributed by atoms with E-state index in [0.717, 1.165) is 38.6 Å². The maximum absolute atomic E-state index is 12.6. The Balaban J connectivity index is 1.75. The van der Waals surface area contributed by atoms with Crippen molar-refractivity contribution in [3.05, 3.63) is 57.3 Å². The second-order valence-corrected chi connectivity index (χ2v) is 8.46. The molecular weight excluding hydrogens is 438 g/mol. The molecular formula is C20H18BrN5OS. The Morgan fingerprint density at radius 2 is 1.96 bits per heavy atom. The SMILES string of the molecule is CCC1=NN2C(=N)/C(=C/c3cc(C)n(-c4ccc(Br)cc4)c3C)C(=O)N=C2S1. The lowest BCUT2D eigenvalue weighted by Gasteiger charge is -2.20. The number of amides is 1. The number of hydrogen-bond acceptors (Lipinski definition) is 4. The molecule has 3 heterocycles. The molecule has 0 aliphatic carbocycles. The number of aromatic nitrogens is 1. The summed E-state index contributed by atoms with van der Waals surface area (Å²) < 4.78 is 3.15. The highest BCUT2D eigenvalue weighted by molar-refractivity contribution is 9.10. The highest BCUT2D eigenvalue weighted by Gasteiger charge is 2.35. The number of fused-ring (bicyclic) bond motifs is 1. The Kier molecular flexibility index (Phi) is 4.84. The van der Waals surface area contributed by atoms with E-state index in [1.54, 1.807) is 6.08 Å². The number of thioether (sulfide) groups is 1. The van der Waals surface area contributed by atoms with Crippen molar-refractivity contribution in [1.29, 1.82) is 5.41 Å². The predicted octanol–water partition coefficient (Wildman–Crippen LogP) is 4.89. The van der Waals surface area contributed by atoms with Gasteiger partial charge in [-0.05, 0) is 74.0 Å². The standard InChI is InChI=1S/C20H18BrN5OS/c1-4-17-24-26-18(22)16(19(27)23-20(26)28-17)10-13-9-11(2)25(12(13)3)15-7-5-14(21)6-8-15/h5-10,22H,4H2,1-3H3/b16-10-,22-18?. The van der Waals surface area contributed by atoms with Gasteiger partial charge in [-0.25, -0.2) is 0 Å². The number of nitrogens with zero attached hydrogens (tertiary/aromatic N) is 4. The molecule has 0 bridgehead atoms. The fourth-order valence-electron chi connectivity index (χ4n) is 3.25. The van der Waals surface area contributed by atoms with E-state index in [0.29, 0.717) is 5.17 Å². The maximum Gasteiger partial charge on any atom is 0.283 e. The molecule has 0 unspecified atom stereocenters. The van der Waals surface area contributed by atoms with Crippen molar-refractivity contribution in [2.24, 2.45) is 10.1 Å². The minimum atomic E-state index is -0.398. The van der Waals surface area contributed by atoms with Gasteiger partial charge in [0.2, 0.25) is 5.17 Å². The fraction of sp³-hybridized carbons (Fsp3) is 0.200. The van der Waals surface area contributed by atoms with Gasteiger partial charge in [-0.2, -0.15) is 15.1 Å². The smallest absolute Gasteiger partial charge is 0.283 e. The summed E-state index contributed by atoms with van der Waals surface area (Å²) in [6.45, 7) is 6.02. The molecule has 142 valence electrons. The number of nitrogens with one attached hydrogen (secondary N) is 1. The van der Waals surface area contributed by atoms with Crippen LogP contribution in [-0.2, 0) is 4.79 Å². The van der Waals surface area contributed by atoms with Crippen LogP contribution in [0.15, 0.2) is 50.5 Å². The third kappa shape index (κ3) is 3.16. The quantitative estimate of drug-likeness (QED) is 0.669. The molecule has 1 aromatic carbocycles. The first-order chi connectivity index (χ1) is 13.4. The number of benzene rings is 1. The number of carbonyl (C=O) groups excluding carboxylic acids is 1. The molecule has 0 radical (unpaired) electrons. The van der Waals surface area contributed by atoms with Crippen molar-refractivity contribution >= 4 is 55.7 Å². The second-order valence-electron chi connectivity index (χ2n) is 6.51. The highest BCUT2D eigenvalue weighted by atomic mass is 79.9. The van der Waals surface area contributed by atoms with E-state index in [1.165, 1.54) is 16.8 Å². The first-order valence-electron chi connectivity index (χ1n) is 8.83. The minimum Gasteiger partial charge on any atom is -0.318 e. The Bertz CT molecular complexity index is 1090. The van der Waals surface area contributed by atoms with Crippen LogP contribution in [0.1, 0.15) is 30.3 Å². The average Bonchev–Trinajstić information content (AvgIpc) is 3.20. The summed E-state index contributed by atoms with van der Waals surface area (Å²) in [5, 5.41) is 15.6. The topological polar surface area (TPSA) is 73.8 Å². The molecule has 6 nitrogen and oxygen atoms in total. The van der Waals surface area contributed by atoms with E-state index in [4.69, 9.17) is 5.41 Å². The van der Waals surface area contributed by atoms with E-state index in [2.05, 4.69) is 30.6 Å². The summed E-state index contributed by atoms with van der Waals surface area (Å²) in [5.41, 5.74) is 4.23. The molecule has 2 aliphatic heterocycles. The highest BCUT2D eigenvalue weighted by Crippen LogP contribution is 2.30. The number of aryl methyl sites for hydroxylation is 1. The molecule has 0 fully saturated rings. The molecule has 1 aromatic heterocycles. The molecule has 4 rings (SSSR count). The zero-order valence-corrected chi connectivity index (χ0v) is 18.1. The van der Waals surface area contributed by atoms with Crippen molar-refractivity contribution in [2.45, 2.75) is 27.2 Å². The summed E-state index contributed by atoms with van der Waals surface area (Å²) in [7, 11) is 0. The van der Waals surface area contributed by atoms with Crippen LogP contribution in [0.5, 0.6) is 0 Å². The van der Waals surface area contributed by atoms with Gasteiger partial charge in [-0.1, -0.05) is 22.9 Å². The molecule has 8 heteroatoms. The van der Waals surface area contributed by atoms with E-state index in [9.17, 15) is 4.79 Å². The summed E-state index contributed by atoms with van der Waals surface area (Å²) in [6.07, 6.45) is 2.49. The number of hydrogen-bond donors (Lipinski definition) is 1. The largest absolute Gasteiger partial charge is 0.318 e. The van der Waals surface area contributed by atoms with Crippen LogP contribution in [0, 0.1) is 19.3 Å². The van der Waals surface area contributed by atoms with Crippen LogP contribution in [0.3, 0.4) is 0 Å². The summed E-state index contributed by atoms with van der Waals surface area (Å²) in [4.78, 5) is 16.7. The van der Waals surface area contributed by atoms with E-state index >= 15 is 0 Å². The molecule has 0 atom stereocenters. The number of aliphatic imine (C=N–C) groups is 1. The fourth-order valence-corrected chi connectivity index (χ4v) is 4.34. The molecule has 2 aromatic rings. The van der Waals surface area contributed by atoms with Gasteiger partial charge in [-0.15, -0.1) is 0 Å². The van der Waals surface area contributed by atoms with Crippen LogP contribution >= 0.6 is 27.7 Å². The van der Waals surface area contributed by atoms with Crippen molar-refractivity contribution in [3.8, 4) is 5.69 Å². The summed E-state index contributed by atoms with van der Waals surface area (Å²) in [6, 6.07) is 10.1. The van der Waals surface area contributed by atoms with Gasteiger partial charge in [0.25, 0.3) is 5.91 Å². The first-order valence-corrected chi connectivity index (χ1v) is 10.4. The zero-order chi connectivity index (χ0) is 20.0. The molecule has 0 spiro atoms. The lowest BCUT2D eigenvalue weighted by atomic mass is 10.1. The van der Waals surface area contributed by atoms with Crippen molar-refractivity contribution in [2.75, 3.05) is 0 Å². The number of hydrazone groups is 1. The van der Waals surface area contributed by atoms with E-state index in [-0.39, 0.29) is 11.4 Å². The van der Waals surface area contributed by atoms with Crippen molar-refractivity contribution in [3.63, 3.8) is 0 Å². The van der Waals surface area contributed by atoms with E-state index in [1.807, 2.05) is 51.1 Å². The van der Waals surface area contributed by atoms with Crippen LogP contribution < -0.4 is 0 Å². The van der Waals surface area contributed by atoms with Crippen LogP contribution in [-0.4, -0.2) is 31.5 Å². The number of halogens is 1. The maximum atomic E-state index is 12.6. The van der Waals surface area contributed by atoms with Crippen molar-refractivity contribution in [1.82, 2.24) is 9.58 Å². The number of amidine groups is 2. The van der Waals surface area contributed by atoms with Gasteiger partial charge in [0.15, 0.2) is 5.84 Å². The Morgan fingerprint density at radius 1 is 1.25 bits per heavy atom. The summed E-state index contributed by atoms with van der Waals surface area (Å²) >= 11 is 4.81. The van der Waals surface area contributed by atoms with Gasteiger partial charge in [0, 0.05) is 21.5 Å². The lowest BCUT2D eigenvalue weighted by molar-refractivity contribution is -0.114. The molecule has 2 aliphatic rings. The zero-order valence-electron chi connectivity index (χ0n) is 15.7. The Morgan fingerprint density at radius 3 is 2.64 bits per heavy atom. The van der Waals surface area contributed by atoms with Crippen LogP contribution in [0.2, 0.25) is 0 Å². The van der Waals surface area contributed by atoms with E-state index < -0.39 is 5.91 Å². The number of carbonyl (C=O) groups is 1. The second kappa shape index (κ2) is 7.18. The molecule has 28 heavy (non-hydrogen) atoms. The van der Waals surface area contributed by atoms with Gasteiger partial charge in [0.1, 0.15) is 5.04 Å². The minimum absolute atomic E-state index is 0.0689. The molecule has 1 amide bonds. The third-order valence-electron chi connectivity index (χ3n) is 4.65. The average molecular weight is 456 g/mol. The third-order valence-corrected chi connectivity index (χ3v) is 6.24. The predicted molar refractivity (Wildman–Crippen MR) is 118 cm³/mol. The Hall–Kier alpha value is -2.45. The first kappa shape index (κ1) is 18.9. The molecule has 0 saturated heterocycles. The monoisotopic (exact) mass is 455 g/mol. The molecule has 1 N–H and O–H groups in total. The van der Waals surface area contributed by atoms with Gasteiger partial charge in [0.05, 0.1) is 5.57 Å². The molecule has 0 saturated carbocycles. The summed E-state index contributed by atoms with van der Waals surface area (Å²) in [5.74, 6) is -0.329. The normalized spacial score (nSPS) is 17.9. The van der Waals surface area contributed by atoms with Crippen LogP contribution in [0.25, 0.3) is 11.8 Å². The van der Waals surface area contributed by atoms with Gasteiger partial charge in [-0.3, -0.25) is 10.2 Å². The lowest BCUT2D eigenvalue weighted by Crippen LogP contribution is -2.35. The van der Waals surface area contributed by atoms with Crippen molar-refractivity contribution < 1.29 is 4.79 Å². The van der Waals surface area contributed by atoms with Crippen LogP contribution in [0.4, 0.5) is 0 Å². The Labute approximate surface area is 175 Å².